The maximum atomic E-state index is 11.8. The number of aryl methyl sites for hydroxylation is 1. The molecule has 0 aromatic carbocycles. The molecular weight excluding hydrogens is 252 g/mol. The zero-order chi connectivity index (χ0) is 14.5. The van der Waals surface area contributed by atoms with Gasteiger partial charge in [-0.05, 0) is 20.3 Å². The van der Waals surface area contributed by atoms with Gasteiger partial charge < -0.3 is 15.2 Å². The predicted octanol–water partition coefficient (Wildman–Crippen LogP) is 1.40. The Kier molecular flexibility index (Phi) is 5.17. The third-order valence-electron chi connectivity index (χ3n) is 3.55. The number of carbonyl (C=O) groups excluding carboxylic acids is 1. The fourth-order valence-electron chi connectivity index (χ4n) is 2.71. The molecule has 1 aromatic rings. The minimum atomic E-state index is 0.124. The van der Waals surface area contributed by atoms with Crippen LogP contribution < -0.4 is 10.6 Å². The highest BCUT2D eigenvalue weighted by molar-refractivity contribution is 5.76. The number of nitrogens with zero attached hydrogens (tertiary/aromatic N) is 2. The highest BCUT2D eigenvalue weighted by Crippen LogP contribution is 2.17. The summed E-state index contributed by atoms with van der Waals surface area (Å²) < 4.78 is 2.28. The summed E-state index contributed by atoms with van der Waals surface area (Å²) in [6, 6.07) is 0.207. The van der Waals surface area contributed by atoms with Crippen molar-refractivity contribution in [2.75, 3.05) is 6.54 Å². The third-order valence-corrected chi connectivity index (χ3v) is 3.55. The molecule has 0 unspecified atom stereocenters. The number of rotatable bonds is 6. The second-order valence-corrected chi connectivity index (χ2v) is 5.72. The molecule has 0 saturated carbocycles. The lowest BCUT2D eigenvalue weighted by Crippen LogP contribution is -2.31. The topological polar surface area (TPSA) is 59.0 Å². The van der Waals surface area contributed by atoms with Crippen LogP contribution in [0.2, 0.25) is 0 Å². The van der Waals surface area contributed by atoms with E-state index in [0.717, 1.165) is 44.7 Å². The molecule has 0 radical (unpaired) electrons. The molecule has 2 rings (SSSR count). The van der Waals surface area contributed by atoms with Gasteiger partial charge >= 0.3 is 0 Å². The molecule has 1 aromatic heterocycles. The average Bonchev–Trinajstić information content (AvgIpc) is 2.73. The Balaban J connectivity index is 2.08. The van der Waals surface area contributed by atoms with E-state index in [2.05, 4.69) is 22.1 Å². The summed E-state index contributed by atoms with van der Waals surface area (Å²) >= 11 is 0. The van der Waals surface area contributed by atoms with Gasteiger partial charge in [-0.25, -0.2) is 4.98 Å². The van der Waals surface area contributed by atoms with Crippen LogP contribution in [-0.4, -0.2) is 28.0 Å². The van der Waals surface area contributed by atoms with Crippen molar-refractivity contribution in [1.29, 1.82) is 0 Å². The second-order valence-electron chi connectivity index (χ2n) is 5.72. The number of amides is 1. The van der Waals surface area contributed by atoms with E-state index in [1.807, 2.05) is 13.8 Å². The molecule has 0 spiro atoms. The van der Waals surface area contributed by atoms with Gasteiger partial charge in [0.15, 0.2) is 0 Å². The van der Waals surface area contributed by atoms with E-state index < -0.39 is 0 Å². The minimum absolute atomic E-state index is 0.124. The first kappa shape index (κ1) is 15.0. The molecule has 0 fully saturated rings. The van der Waals surface area contributed by atoms with Crippen LogP contribution in [0.25, 0.3) is 0 Å². The van der Waals surface area contributed by atoms with E-state index in [-0.39, 0.29) is 11.9 Å². The smallest absolute Gasteiger partial charge is 0.221 e. The van der Waals surface area contributed by atoms with Crippen molar-refractivity contribution >= 4 is 5.91 Å². The average molecular weight is 278 g/mol. The highest BCUT2D eigenvalue weighted by atomic mass is 16.1. The Morgan fingerprint density at radius 1 is 1.50 bits per heavy atom. The normalized spacial score (nSPS) is 14.4. The third kappa shape index (κ3) is 3.60. The predicted molar refractivity (Wildman–Crippen MR) is 79.5 cm³/mol. The van der Waals surface area contributed by atoms with Crippen LogP contribution in [0.3, 0.4) is 0 Å². The zero-order valence-electron chi connectivity index (χ0n) is 12.8. The van der Waals surface area contributed by atoms with Gasteiger partial charge in [-0.2, -0.15) is 0 Å². The molecule has 2 N–H and O–H groups in total. The summed E-state index contributed by atoms with van der Waals surface area (Å²) in [6.07, 6.45) is 3.61. The number of imidazole rings is 1. The summed E-state index contributed by atoms with van der Waals surface area (Å²) in [5.74, 6) is 1.26. The van der Waals surface area contributed by atoms with E-state index in [1.165, 1.54) is 11.4 Å². The summed E-state index contributed by atoms with van der Waals surface area (Å²) in [6.45, 7) is 8.76. The number of carbonyl (C=O) groups is 1. The molecule has 5 nitrogen and oxygen atoms in total. The maximum Gasteiger partial charge on any atom is 0.221 e. The van der Waals surface area contributed by atoms with Gasteiger partial charge in [0.2, 0.25) is 5.91 Å². The van der Waals surface area contributed by atoms with Crippen molar-refractivity contribution in [3.8, 4) is 0 Å². The Morgan fingerprint density at radius 3 is 3.00 bits per heavy atom. The van der Waals surface area contributed by atoms with Crippen LogP contribution in [-0.2, 0) is 30.7 Å². The number of aromatic nitrogens is 2. The van der Waals surface area contributed by atoms with Crippen molar-refractivity contribution in [3.05, 3.63) is 17.2 Å². The standard InChI is InChI=1S/C15H26N4O/c1-4-5-14-18-12-10-16-8-6-13(12)19(14)9-7-15(20)17-11(2)3/h11,16H,4-10H2,1-3H3,(H,17,20). The molecule has 1 aliphatic heterocycles. The van der Waals surface area contributed by atoms with Crippen molar-refractivity contribution in [3.63, 3.8) is 0 Å². The molecular formula is C15H26N4O. The SMILES string of the molecule is CCCc1nc2c(n1CCC(=O)NC(C)C)CCNC2. The fourth-order valence-corrected chi connectivity index (χ4v) is 2.71. The van der Waals surface area contributed by atoms with E-state index in [1.54, 1.807) is 0 Å². The molecule has 0 bridgehead atoms. The molecule has 20 heavy (non-hydrogen) atoms. The fraction of sp³-hybridized carbons (Fsp3) is 0.733. The van der Waals surface area contributed by atoms with Gasteiger partial charge in [0, 0.05) is 50.6 Å². The van der Waals surface area contributed by atoms with E-state index in [4.69, 9.17) is 4.98 Å². The Labute approximate surface area is 121 Å². The van der Waals surface area contributed by atoms with Gasteiger partial charge in [-0.15, -0.1) is 0 Å². The molecule has 2 heterocycles. The molecule has 0 aliphatic carbocycles. The number of fused-ring (bicyclic) bond motifs is 1. The van der Waals surface area contributed by atoms with Gasteiger partial charge in [-0.3, -0.25) is 4.79 Å². The second kappa shape index (κ2) is 6.88. The first-order valence-electron chi connectivity index (χ1n) is 7.69. The van der Waals surface area contributed by atoms with Crippen molar-refractivity contribution < 1.29 is 4.79 Å². The zero-order valence-corrected chi connectivity index (χ0v) is 12.8. The van der Waals surface area contributed by atoms with E-state index in [9.17, 15) is 4.79 Å². The van der Waals surface area contributed by atoms with E-state index in [0.29, 0.717) is 6.42 Å². The Hall–Kier alpha value is -1.36. The molecule has 0 atom stereocenters. The lowest BCUT2D eigenvalue weighted by molar-refractivity contribution is -0.121. The van der Waals surface area contributed by atoms with Crippen molar-refractivity contribution in [2.24, 2.45) is 0 Å². The molecule has 0 saturated heterocycles. The monoisotopic (exact) mass is 278 g/mol. The van der Waals surface area contributed by atoms with Gasteiger partial charge in [0.1, 0.15) is 5.82 Å². The van der Waals surface area contributed by atoms with Crippen molar-refractivity contribution in [1.82, 2.24) is 20.2 Å². The van der Waals surface area contributed by atoms with Gasteiger partial charge in [0.25, 0.3) is 0 Å². The van der Waals surface area contributed by atoms with Crippen LogP contribution in [0.15, 0.2) is 0 Å². The highest BCUT2D eigenvalue weighted by Gasteiger charge is 2.19. The Morgan fingerprint density at radius 2 is 2.30 bits per heavy atom. The molecule has 112 valence electrons. The summed E-state index contributed by atoms with van der Waals surface area (Å²) in [5.41, 5.74) is 2.49. The minimum Gasteiger partial charge on any atom is -0.354 e. The van der Waals surface area contributed by atoms with Crippen LogP contribution >= 0.6 is 0 Å². The Bertz CT molecular complexity index is 465. The molecule has 1 amide bonds. The number of hydrogen-bond acceptors (Lipinski definition) is 3. The van der Waals surface area contributed by atoms with E-state index >= 15 is 0 Å². The van der Waals surface area contributed by atoms with Crippen LogP contribution in [0, 0.1) is 0 Å². The largest absolute Gasteiger partial charge is 0.354 e. The maximum absolute atomic E-state index is 11.8. The number of hydrogen-bond donors (Lipinski definition) is 2. The first-order chi connectivity index (χ1) is 9.61. The van der Waals surface area contributed by atoms with Crippen LogP contribution in [0.1, 0.15) is 50.8 Å². The van der Waals surface area contributed by atoms with Crippen LogP contribution in [0.4, 0.5) is 0 Å². The first-order valence-corrected chi connectivity index (χ1v) is 7.69. The quantitative estimate of drug-likeness (QED) is 0.827. The van der Waals surface area contributed by atoms with Gasteiger partial charge in [-0.1, -0.05) is 6.92 Å². The molecule has 1 aliphatic rings. The van der Waals surface area contributed by atoms with Crippen LogP contribution in [0.5, 0.6) is 0 Å². The summed E-state index contributed by atoms with van der Waals surface area (Å²) in [7, 11) is 0. The lowest BCUT2D eigenvalue weighted by Gasteiger charge is -2.16. The lowest BCUT2D eigenvalue weighted by atomic mass is 10.2. The molecule has 5 heteroatoms. The summed E-state index contributed by atoms with van der Waals surface area (Å²) in [4.78, 5) is 16.6. The summed E-state index contributed by atoms with van der Waals surface area (Å²) in [5, 5.41) is 6.31. The number of nitrogens with one attached hydrogen (secondary N) is 2. The van der Waals surface area contributed by atoms with Crippen molar-refractivity contribution in [2.45, 2.75) is 65.6 Å². The van der Waals surface area contributed by atoms with Gasteiger partial charge in [0.05, 0.1) is 5.69 Å².